The summed E-state index contributed by atoms with van der Waals surface area (Å²) < 4.78 is 31.9. The van der Waals surface area contributed by atoms with Crippen LogP contribution >= 0.6 is 0 Å². The monoisotopic (exact) mass is 517 g/mol. The summed E-state index contributed by atoms with van der Waals surface area (Å²) in [6.07, 6.45) is 1.44. The predicted molar refractivity (Wildman–Crippen MR) is 144 cm³/mol. The largest absolute Gasteiger partial charge is 0.494 e. The molecule has 0 heterocycles. The van der Waals surface area contributed by atoms with E-state index in [0.29, 0.717) is 24.5 Å². The molecule has 0 bridgehead atoms. The van der Waals surface area contributed by atoms with Crippen molar-refractivity contribution in [1.29, 1.82) is 0 Å². The number of amides is 2. The molecule has 0 spiro atoms. The Morgan fingerprint density at radius 2 is 1.69 bits per heavy atom. The fourth-order valence-corrected chi connectivity index (χ4v) is 4.72. The minimum Gasteiger partial charge on any atom is -0.494 e. The second-order valence-corrected chi connectivity index (χ2v) is 11.8. The standard InChI is InChI=1S/C27H39N3O5S/c1-8-24(26(32)28-27(4,5)6)29(18-21-12-10-11-20(3)17-21)25(31)19-30(36(7,33)34)22-13-15-23(16-14-22)35-9-2/h10-17,24H,8-9,18-19H2,1-7H3,(H,28,32). The zero-order chi connectivity index (χ0) is 27.1. The van der Waals surface area contributed by atoms with Crippen LogP contribution in [0.25, 0.3) is 0 Å². The Balaban J connectivity index is 2.44. The molecule has 2 amide bonds. The first-order chi connectivity index (χ1) is 16.7. The Hall–Kier alpha value is -3.07. The van der Waals surface area contributed by atoms with E-state index in [4.69, 9.17) is 4.74 Å². The molecule has 1 unspecified atom stereocenters. The number of rotatable bonds is 11. The third kappa shape index (κ3) is 8.55. The lowest BCUT2D eigenvalue weighted by atomic mass is 10.0. The van der Waals surface area contributed by atoms with Gasteiger partial charge in [-0.05, 0) is 70.9 Å². The number of hydrogen-bond acceptors (Lipinski definition) is 5. The molecule has 0 aliphatic rings. The molecule has 2 rings (SSSR count). The fourth-order valence-electron chi connectivity index (χ4n) is 3.87. The summed E-state index contributed by atoms with van der Waals surface area (Å²) in [5.74, 6) is -0.142. The predicted octanol–water partition coefficient (Wildman–Crippen LogP) is 3.88. The molecule has 2 aromatic rings. The molecule has 9 heteroatoms. The summed E-state index contributed by atoms with van der Waals surface area (Å²) >= 11 is 0. The molecule has 0 aliphatic carbocycles. The maximum atomic E-state index is 13.7. The molecule has 0 saturated carbocycles. The molecule has 0 radical (unpaired) electrons. The summed E-state index contributed by atoms with van der Waals surface area (Å²) in [5, 5.41) is 2.96. The average Bonchev–Trinajstić information content (AvgIpc) is 2.76. The summed E-state index contributed by atoms with van der Waals surface area (Å²) in [6.45, 7) is 11.5. The highest BCUT2D eigenvalue weighted by Crippen LogP contribution is 2.23. The van der Waals surface area contributed by atoms with E-state index >= 15 is 0 Å². The van der Waals surface area contributed by atoms with Crippen molar-refractivity contribution in [2.45, 2.75) is 66.1 Å². The first-order valence-electron chi connectivity index (χ1n) is 12.1. The van der Waals surface area contributed by atoms with Gasteiger partial charge in [0, 0.05) is 12.1 Å². The highest BCUT2D eigenvalue weighted by atomic mass is 32.2. The molecule has 2 aromatic carbocycles. The zero-order valence-electron chi connectivity index (χ0n) is 22.4. The number of anilines is 1. The van der Waals surface area contributed by atoms with Crippen LogP contribution in [0.1, 0.15) is 52.2 Å². The zero-order valence-corrected chi connectivity index (χ0v) is 23.2. The van der Waals surface area contributed by atoms with Crippen LogP contribution in [0, 0.1) is 6.92 Å². The van der Waals surface area contributed by atoms with Crippen molar-refractivity contribution < 1.29 is 22.7 Å². The number of nitrogens with zero attached hydrogens (tertiary/aromatic N) is 2. The lowest BCUT2D eigenvalue weighted by molar-refractivity contribution is -0.141. The summed E-state index contributed by atoms with van der Waals surface area (Å²) in [6, 6.07) is 13.5. The molecule has 198 valence electrons. The second kappa shape index (κ2) is 12.3. The molecule has 8 nitrogen and oxygen atoms in total. The van der Waals surface area contributed by atoms with Crippen LogP contribution in [-0.2, 0) is 26.2 Å². The number of carbonyl (C=O) groups is 2. The third-order valence-electron chi connectivity index (χ3n) is 5.43. The van der Waals surface area contributed by atoms with E-state index in [9.17, 15) is 18.0 Å². The Morgan fingerprint density at radius 1 is 1.06 bits per heavy atom. The van der Waals surface area contributed by atoms with Gasteiger partial charge in [0.05, 0.1) is 18.6 Å². The SMILES string of the molecule is CCOc1ccc(N(CC(=O)N(Cc2cccc(C)c2)C(CC)C(=O)NC(C)(C)C)S(C)(=O)=O)cc1. The minimum absolute atomic E-state index is 0.178. The lowest BCUT2D eigenvalue weighted by Crippen LogP contribution is -2.55. The Bertz CT molecular complexity index is 1140. The van der Waals surface area contributed by atoms with Gasteiger partial charge in [-0.2, -0.15) is 0 Å². The molecule has 0 aromatic heterocycles. The van der Waals surface area contributed by atoms with Gasteiger partial charge in [-0.15, -0.1) is 0 Å². The highest BCUT2D eigenvalue weighted by molar-refractivity contribution is 7.92. The number of carbonyl (C=O) groups excluding carboxylic acids is 2. The van der Waals surface area contributed by atoms with Gasteiger partial charge >= 0.3 is 0 Å². The number of aryl methyl sites for hydroxylation is 1. The quantitative estimate of drug-likeness (QED) is 0.488. The normalized spacial score (nSPS) is 12.5. The van der Waals surface area contributed by atoms with Crippen LogP contribution in [0.3, 0.4) is 0 Å². The van der Waals surface area contributed by atoms with E-state index in [0.717, 1.165) is 21.7 Å². The molecular formula is C27H39N3O5S. The second-order valence-electron chi connectivity index (χ2n) is 9.87. The van der Waals surface area contributed by atoms with Crippen molar-refractivity contribution in [3.63, 3.8) is 0 Å². The van der Waals surface area contributed by atoms with Crippen LogP contribution in [0.2, 0.25) is 0 Å². The Morgan fingerprint density at radius 3 is 2.19 bits per heavy atom. The summed E-state index contributed by atoms with van der Waals surface area (Å²) in [5.41, 5.74) is 1.75. The summed E-state index contributed by atoms with van der Waals surface area (Å²) in [7, 11) is -3.79. The first-order valence-corrected chi connectivity index (χ1v) is 14.0. The molecule has 0 aliphatic heterocycles. The maximum absolute atomic E-state index is 13.7. The van der Waals surface area contributed by atoms with Crippen molar-refractivity contribution in [1.82, 2.24) is 10.2 Å². The molecule has 0 fully saturated rings. The minimum atomic E-state index is -3.79. The van der Waals surface area contributed by atoms with E-state index < -0.39 is 34.1 Å². The van der Waals surface area contributed by atoms with Crippen LogP contribution in [-0.4, -0.2) is 56.1 Å². The van der Waals surface area contributed by atoms with Crippen molar-refractivity contribution in [3.8, 4) is 5.75 Å². The van der Waals surface area contributed by atoms with Crippen molar-refractivity contribution >= 4 is 27.5 Å². The van der Waals surface area contributed by atoms with E-state index in [1.54, 1.807) is 24.3 Å². The van der Waals surface area contributed by atoms with Crippen LogP contribution in [0.15, 0.2) is 48.5 Å². The van der Waals surface area contributed by atoms with E-state index in [1.165, 1.54) is 4.90 Å². The topological polar surface area (TPSA) is 96.0 Å². The summed E-state index contributed by atoms with van der Waals surface area (Å²) in [4.78, 5) is 28.4. The molecule has 1 N–H and O–H groups in total. The van der Waals surface area contributed by atoms with Gasteiger partial charge in [0.25, 0.3) is 0 Å². The number of ether oxygens (including phenoxy) is 1. The number of nitrogens with one attached hydrogen (secondary N) is 1. The van der Waals surface area contributed by atoms with Gasteiger partial charge in [-0.25, -0.2) is 8.42 Å². The van der Waals surface area contributed by atoms with Gasteiger partial charge < -0.3 is 15.0 Å². The number of benzene rings is 2. The van der Waals surface area contributed by atoms with Gasteiger partial charge in [0.2, 0.25) is 21.8 Å². The van der Waals surface area contributed by atoms with Crippen LogP contribution in [0.5, 0.6) is 5.75 Å². The van der Waals surface area contributed by atoms with E-state index in [1.807, 2.05) is 65.8 Å². The Labute approximate surface area is 215 Å². The maximum Gasteiger partial charge on any atom is 0.244 e. The van der Waals surface area contributed by atoms with Crippen molar-refractivity contribution in [2.24, 2.45) is 0 Å². The third-order valence-corrected chi connectivity index (χ3v) is 6.58. The van der Waals surface area contributed by atoms with Crippen LogP contribution < -0.4 is 14.4 Å². The lowest BCUT2D eigenvalue weighted by Gasteiger charge is -2.34. The van der Waals surface area contributed by atoms with E-state index in [2.05, 4.69) is 5.32 Å². The van der Waals surface area contributed by atoms with Crippen molar-refractivity contribution in [2.75, 3.05) is 23.7 Å². The average molecular weight is 518 g/mol. The molecule has 0 saturated heterocycles. The van der Waals surface area contributed by atoms with Gasteiger partial charge in [-0.3, -0.25) is 13.9 Å². The fraction of sp³-hybridized carbons (Fsp3) is 0.481. The molecule has 1 atom stereocenters. The van der Waals surface area contributed by atoms with Gasteiger partial charge in [0.15, 0.2) is 0 Å². The van der Waals surface area contributed by atoms with Crippen LogP contribution in [0.4, 0.5) is 5.69 Å². The number of sulfonamides is 1. The highest BCUT2D eigenvalue weighted by Gasteiger charge is 2.33. The number of hydrogen-bond donors (Lipinski definition) is 1. The van der Waals surface area contributed by atoms with Crippen molar-refractivity contribution in [3.05, 3.63) is 59.7 Å². The molecular weight excluding hydrogens is 478 g/mol. The first kappa shape index (κ1) is 29.2. The van der Waals surface area contributed by atoms with Gasteiger partial charge in [-0.1, -0.05) is 36.8 Å². The molecule has 36 heavy (non-hydrogen) atoms. The van der Waals surface area contributed by atoms with Gasteiger partial charge in [0.1, 0.15) is 18.3 Å². The van der Waals surface area contributed by atoms with E-state index in [-0.39, 0.29) is 12.5 Å². The Kier molecular flexibility index (Phi) is 9.93. The smallest absolute Gasteiger partial charge is 0.244 e.